The van der Waals surface area contributed by atoms with Crippen molar-refractivity contribution in [1.82, 2.24) is 19.5 Å². The first-order chi connectivity index (χ1) is 25.6. The largest absolute Gasteiger partial charge is 0.483 e. The Balaban J connectivity index is 1.57. The number of hydrogen-bond acceptors (Lipinski definition) is 23. The fourth-order valence-electron chi connectivity index (χ4n) is 5.42. The summed E-state index contributed by atoms with van der Waals surface area (Å²) < 4.78 is 78.4. The quantitative estimate of drug-likeness (QED) is 0.0758. The number of esters is 5. The van der Waals surface area contributed by atoms with Crippen LogP contribution < -0.4 is 5.73 Å². The zero-order valence-corrected chi connectivity index (χ0v) is 31.1. The average molecular weight is 830 g/mol. The number of ether oxygens (including phenoxy) is 7. The van der Waals surface area contributed by atoms with Crippen molar-refractivity contribution in [3.63, 3.8) is 0 Å². The van der Waals surface area contributed by atoms with Gasteiger partial charge in [0.15, 0.2) is 42.1 Å². The fourth-order valence-corrected chi connectivity index (χ4v) is 7.58. The second kappa shape index (κ2) is 17.7. The van der Waals surface area contributed by atoms with Gasteiger partial charge in [0.1, 0.15) is 42.9 Å². The first-order valence-electron chi connectivity index (χ1n) is 15.7. The molecule has 55 heavy (non-hydrogen) atoms. The van der Waals surface area contributed by atoms with Gasteiger partial charge in [0, 0.05) is 34.6 Å². The number of aliphatic hydroxyl groups is 2. The molecule has 6 N–H and O–H groups in total. The number of rotatable bonds is 15. The molecule has 4 rings (SSSR count). The van der Waals surface area contributed by atoms with Gasteiger partial charge in [0.25, 0.3) is 0 Å². The lowest BCUT2D eigenvalue weighted by molar-refractivity contribution is -0.301. The lowest BCUT2D eigenvalue weighted by Crippen LogP contribution is -2.65. The smallest absolute Gasteiger partial charge is 0.462 e. The predicted octanol–water partition coefficient (Wildman–Crippen LogP) is -1.71. The molecule has 2 aliphatic rings. The zero-order valence-electron chi connectivity index (χ0n) is 29.3. The number of nitrogens with two attached hydrogens (primary N) is 1. The molecule has 2 fully saturated rings. The van der Waals surface area contributed by atoms with E-state index in [1.807, 2.05) is 0 Å². The molecule has 26 nitrogen and oxygen atoms in total. The number of anilines is 1. The Labute approximate surface area is 309 Å². The maximum Gasteiger partial charge on any atom is 0.483 e. The van der Waals surface area contributed by atoms with E-state index in [2.05, 4.69) is 19.3 Å². The van der Waals surface area contributed by atoms with Crippen molar-refractivity contribution in [1.29, 1.82) is 0 Å². The van der Waals surface area contributed by atoms with Crippen molar-refractivity contribution in [2.75, 3.05) is 18.9 Å². The number of nitrogens with zero attached hydrogens (tertiary/aromatic N) is 4. The van der Waals surface area contributed by atoms with Gasteiger partial charge < -0.3 is 58.9 Å². The first-order valence-corrected chi connectivity index (χ1v) is 18.7. The van der Waals surface area contributed by atoms with E-state index in [-0.39, 0.29) is 17.0 Å². The second-order valence-electron chi connectivity index (χ2n) is 11.7. The molecule has 0 saturated carbocycles. The minimum absolute atomic E-state index is 0.00339. The third-order valence-electron chi connectivity index (χ3n) is 7.42. The summed E-state index contributed by atoms with van der Waals surface area (Å²) in [4.78, 5) is 92.9. The van der Waals surface area contributed by atoms with Crippen LogP contribution in [0, 0.1) is 0 Å². The van der Waals surface area contributed by atoms with Crippen LogP contribution in [-0.2, 0) is 79.6 Å². The number of carbonyl (C=O) groups is 5. The van der Waals surface area contributed by atoms with Crippen LogP contribution in [-0.4, -0.2) is 138 Å². The van der Waals surface area contributed by atoms with Gasteiger partial charge in [-0.25, -0.2) is 24.1 Å². The van der Waals surface area contributed by atoms with E-state index in [9.17, 15) is 53.1 Å². The van der Waals surface area contributed by atoms with Gasteiger partial charge in [-0.3, -0.25) is 37.6 Å². The third-order valence-corrected chi connectivity index (χ3v) is 10.0. The molecule has 2 aromatic heterocycles. The van der Waals surface area contributed by atoms with E-state index in [1.54, 1.807) is 0 Å². The Kier molecular flexibility index (Phi) is 14.0. The SMILES string of the molecule is CC(=O)OC[C@@H](OC(C)=O)[C@H]1O[C@H](OP(=O)(O)OP(=O)(O)OC[C@H]2O[C@@H](n3cnc4c(N)ncnc43)[C@H](O)[C@@H]2O)[C@@H](OC(C)=O)[C@@H](OC(C)=O)[C@@H]1OC(C)=O. The van der Waals surface area contributed by atoms with Gasteiger partial charge in [0.05, 0.1) is 12.9 Å². The van der Waals surface area contributed by atoms with Crippen molar-refractivity contribution in [2.45, 2.75) is 96.0 Å². The van der Waals surface area contributed by atoms with Gasteiger partial charge in [-0.2, -0.15) is 4.31 Å². The van der Waals surface area contributed by atoms with Crippen LogP contribution in [0.3, 0.4) is 0 Å². The van der Waals surface area contributed by atoms with Crippen molar-refractivity contribution in [3.05, 3.63) is 12.7 Å². The molecule has 0 amide bonds. The molecule has 2 unspecified atom stereocenters. The number of fused-ring (bicyclic) bond motifs is 1. The van der Waals surface area contributed by atoms with Gasteiger partial charge in [-0.05, 0) is 0 Å². The maximum atomic E-state index is 13.2. The molecule has 306 valence electrons. The van der Waals surface area contributed by atoms with E-state index in [0.717, 1.165) is 40.9 Å². The molecule has 12 atom stereocenters. The normalized spacial score (nSPS) is 29.3. The number of hydrogen-bond donors (Lipinski definition) is 5. The third kappa shape index (κ3) is 11.2. The number of imidazole rings is 1. The van der Waals surface area contributed by atoms with Gasteiger partial charge >= 0.3 is 45.5 Å². The highest BCUT2D eigenvalue weighted by atomic mass is 31.3. The molecule has 2 aromatic rings. The molecule has 2 aliphatic heterocycles. The lowest BCUT2D eigenvalue weighted by atomic mass is 9.94. The molecular weight excluding hydrogens is 792 g/mol. The molecule has 0 aliphatic carbocycles. The van der Waals surface area contributed by atoms with Crippen molar-refractivity contribution in [3.8, 4) is 0 Å². The number of aliphatic hydroxyl groups excluding tert-OH is 2. The average Bonchev–Trinajstić information content (AvgIpc) is 3.60. The Morgan fingerprint density at radius 3 is 2.05 bits per heavy atom. The van der Waals surface area contributed by atoms with E-state index in [4.69, 9.17) is 47.9 Å². The van der Waals surface area contributed by atoms with Crippen LogP contribution in [0.4, 0.5) is 5.82 Å². The Hall–Kier alpha value is -4.20. The first kappa shape index (κ1) is 43.5. The second-order valence-corrected chi connectivity index (χ2v) is 14.7. The summed E-state index contributed by atoms with van der Waals surface area (Å²) in [5.74, 6) is -5.18. The Morgan fingerprint density at radius 2 is 1.45 bits per heavy atom. The highest BCUT2D eigenvalue weighted by Crippen LogP contribution is 2.61. The summed E-state index contributed by atoms with van der Waals surface area (Å²) in [6, 6.07) is 0. The number of phosphoric ester groups is 2. The van der Waals surface area contributed by atoms with Crippen molar-refractivity contribution < 1.29 is 99.6 Å². The highest BCUT2D eigenvalue weighted by Gasteiger charge is 2.57. The molecule has 4 heterocycles. The van der Waals surface area contributed by atoms with Crippen LogP contribution in [0.5, 0.6) is 0 Å². The van der Waals surface area contributed by atoms with Crippen LogP contribution in [0.2, 0.25) is 0 Å². The van der Waals surface area contributed by atoms with Gasteiger partial charge in [0.2, 0.25) is 6.29 Å². The summed E-state index contributed by atoms with van der Waals surface area (Å²) >= 11 is 0. The molecule has 0 radical (unpaired) electrons. The van der Waals surface area contributed by atoms with Crippen LogP contribution in [0.25, 0.3) is 11.2 Å². The van der Waals surface area contributed by atoms with Crippen LogP contribution >= 0.6 is 15.6 Å². The zero-order chi connectivity index (χ0) is 41.0. The molecule has 28 heteroatoms. The summed E-state index contributed by atoms with van der Waals surface area (Å²) in [6.07, 6.45) is -16.2. The maximum absolute atomic E-state index is 13.2. The summed E-state index contributed by atoms with van der Waals surface area (Å²) in [5.41, 5.74) is 6.00. The number of phosphoric acid groups is 2. The summed E-state index contributed by atoms with van der Waals surface area (Å²) in [5, 5.41) is 21.2. The van der Waals surface area contributed by atoms with Crippen molar-refractivity contribution >= 4 is 62.5 Å². The number of aromatic nitrogens is 4. The number of nitrogen functional groups attached to an aromatic ring is 1. The van der Waals surface area contributed by atoms with Gasteiger partial charge in [-0.1, -0.05) is 0 Å². The Bertz CT molecular complexity index is 1860. The molecular formula is C27H37N5O21P2. The standard InChI is InChI=1S/C27H37N5O21P2/c1-10(33)44-6-16(46-11(2)34)20-21(47-12(3)35)22(48-13(4)36)23(49-14(5)37)27(51-20)52-55(42,43)53-54(40,41)45-7-15-18(38)19(39)26(50-15)32-9-31-17-24(28)29-8-30-25(17)32/h8-9,15-16,18-23,26-27,38-39H,6-7H2,1-5H3,(H,40,41)(H,42,43)(H2,28,29,30)/t15-,16-,18-,19-,20-,21-,22+,23+,26-,27-/m1/s1. The molecule has 2 saturated heterocycles. The highest BCUT2D eigenvalue weighted by molar-refractivity contribution is 7.61. The van der Waals surface area contributed by atoms with Gasteiger partial charge in [-0.15, -0.1) is 0 Å². The fraction of sp³-hybridized carbons (Fsp3) is 0.630. The minimum atomic E-state index is -5.95. The molecule has 0 aromatic carbocycles. The summed E-state index contributed by atoms with van der Waals surface area (Å²) in [6.45, 7) is 2.71. The molecule has 0 bridgehead atoms. The van der Waals surface area contributed by atoms with E-state index in [0.29, 0.717) is 0 Å². The van der Waals surface area contributed by atoms with E-state index in [1.165, 1.54) is 10.9 Å². The van der Waals surface area contributed by atoms with Crippen molar-refractivity contribution in [2.24, 2.45) is 0 Å². The topological polar surface area (TPSA) is 362 Å². The lowest BCUT2D eigenvalue weighted by Gasteiger charge is -2.45. The summed E-state index contributed by atoms with van der Waals surface area (Å²) in [7, 11) is -11.7. The van der Waals surface area contributed by atoms with E-state index < -0.39 is 120 Å². The van der Waals surface area contributed by atoms with Crippen LogP contribution in [0.15, 0.2) is 12.7 Å². The predicted molar refractivity (Wildman–Crippen MR) is 171 cm³/mol. The molecule has 0 spiro atoms. The minimum Gasteiger partial charge on any atom is -0.462 e. The van der Waals surface area contributed by atoms with Crippen LogP contribution in [0.1, 0.15) is 40.8 Å². The van der Waals surface area contributed by atoms with E-state index >= 15 is 0 Å². The Morgan fingerprint density at radius 1 is 0.836 bits per heavy atom. The monoisotopic (exact) mass is 829 g/mol. The number of carbonyl (C=O) groups excluding carboxylic acids is 5.